The molecule has 1 aliphatic rings. The quantitative estimate of drug-likeness (QED) is 0.838. The second-order valence-electron chi connectivity index (χ2n) is 5.91. The predicted molar refractivity (Wildman–Crippen MR) is 89.3 cm³/mol. The summed E-state index contributed by atoms with van der Waals surface area (Å²) in [6.45, 7) is 5.63. The molecule has 0 spiro atoms. The number of aromatic nitrogens is 3. The van der Waals surface area contributed by atoms with Crippen LogP contribution >= 0.6 is 0 Å². The molecule has 0 aliphatic carbocycles. The number of rotatable bonds is 5. The van der Waals surface area contributed by atoms with Crippen LogP contribution in [-0.2, 0) is 4.74 Å². The van der Waals surface area contributed by atoms with Crippen LogP contribution in [0.2, 0.25) is 0 Å². The predicted octanol–water partition coefficient (Wildman–Crippen LogP) is 1.77. The van der Waals surface area contributed by atoms with Gasteiger partial charge < -0.3 is 9.64 Å². The van der Waals surface area contributed by atoms with E-state index in [2.05, 4.69) is 38.0 Å². The van der Waals surface area contributed by atoms with Crippen LogP contribution in [-0.4, -0.2) is 59.5 Å². The molecule has 6 heteroatoms. The van der Waals surface area contributed by atoms with E-state index in [1.54, 1.807) is 6.20 Å². The van der Waals surface area contributed by atoms with E-state index in [1.165, 1.54) is 5.56 Å². The summed E-state index contributed by atoms with van der Waals surface area (Å²) in [4.78, 5) is 8.77. The third-order valence-corrected chi connectivity index (χ3v) is 4.31. The fourth-order valence-corrected chi connectivity index (χ4v) is 2.93. The number of ether oxygens (including phenoxy) is 1. The first-order valence-electron chi connectivity index (χ1n) is 7.98. The van der Waals surface area contributed by atoms with Crippen molar-refractivity contribution < 1.29 is 4.74 Å². The van der Waals surface area contributed by atoms with Gasteiger partial charge in [-0.2, -0.15) is 5.10 Å². The highest BCUT2D eigenvalue weighted by Crippen LogP contribution is 2.22. The average Bonchev–Trinajstić information content (AvgIpc) is 2.63. The molecule has 0 radical (unpaired) electrons. The summed E-state index contributed by atoms with van der Waals surface area (Å²) in [7, 11) is 2.02. The van der Waals surface area contributed by atoms with Crippen molar-refractivity contribution in [2.75, 3.05) is 38.2 Å². The lowest BCUT2D eigenvalue weighted by Gasteiger charge is -2.38. The third kappa shape index (κ3) is 4.03. The number of hydrogen-bond donors (Lipinski definition) is 0. The van der Waals surface area contributed by atoms with Crippen LogP contribution in [0.5, 0.6) is 0 Å². The van der Waals surface area contributed by atoms with E-state index in [0.29, 0.717) is 6.04 Å². The minimum absolute atomic E-state index is 0.162. The van der Waals surface area contributed by atoms with Crippen LogP contribution in [0, 0.1) is 0 Å². The lowest BCUT2D eigenvalue weighted by molar-refractivity contribution is -0.0368. The van der Waals surface area contributed by atoms with Gasteiger partial charge in [-0.25, -0.2) is 0 Å². The first kappa shape index (κ1) is 15.8. The van der Waals surface area contributed by atoms with Gasteiger partial charge in [-0.05, 0) is 30.7 Å². The molecular formula is C17H23N5O. The zero-order valence-electron chi connectivity index (χ0n) is 13.7. The maximum atomic E-state index is 5.94. The van der Waals surface area contributed by atoms with E-state index in [1.807, 2.05) is 37.6 Å². The normalized spacial score (nSPS) is 20.2. The van der Waals surface area contributed by atoms with Crippen LogP contribution in [0.3, 0.4) is 0 Å². The molecule has 0 bridgehead atoms. The molecule has 1 fully saturated rings. The standard InChI is InChI=1S/C17H23N5O/c1-14(15-5-3-7-18-11-15)22-9-10-23-16(13-22)12-21(2)17-6-4-8-19-20-17/h3-8,11,14,16H,9-10,12-13H2,1-2H3/t14-,16+/m1/s1. The number of hydrogen-bond acceptors (Lipinski definition) is 6. The Morgan fingerprint density at radius 3 is 2.96 bits per heavy atom. The lowest BCUT2D eigenvalue weighted by atomic mass is 10.1. The molecule has 3 rings (SSSR count). The molecule has 2 atom stereocenters. The Morgan fingerprint density at radius 2 is 2.22 bits per heavy atom. The van der Waals surface area contributed by atoms with Crippen molar-refractivity contribution in [3.05, 3.63) is 48.4 Å². The van der Waals surface area contributed by atoms with Crippen molar-refractivity contribution in [3.8, 4) is 0 Å². The van der Waals surface area contributed by atoms with Crippen molar-refractivity contribution >= 4 is 5.82 Å². The van der Waals surface area contributed by atoms with Crippen LogP contribution in [0.4, 0.5) is 5.82 Å². The average molecular weight is 313 g/mol. The van der Waals surface area contributed by atoms with E-state index < -0.39 is 0 Å². The Hall–Kier alpha value is -2.05. The largest absolute Gasteiger partial charge is 0.374 e. The number of pyridine rings is 1. The molecule has 1 aliphatic heterocycles. The molecule has 6 nitrogen and oxygen atoms in total. The summed E-state index contributed by atoms with van der Waals surface area (Å²) >= 11 is 0. The van der Waals surface area contributed by atoms with E-state index >= 15 is 0 Å². The number of nitrogens with zero attached hydrogens (tertiary/aromatic N) is 5. The zero-order valence-corrected chi connectivity index (χ0v) is 13.7. The fourth-order valence-electron chi connectivity index (χ4n) is 2.93. The molecule has 3 heterocycles. The van der Waals surface area contributed by atoms with E-state index in [4.69, 9.17) is 4.74 Å². The summed E-state index contributed by atoms with van der Waals surface area (Å²) in [5, 5.41) is 8.08. The molecule has 0 unspecified atom stereocenters. The molecule has 0 amide bonds. The second kappa shape index (κ2) is 7.48. The van der Waals surface area contributed by atoms with E-state index in [9.17, 15) is 0 Å². The van der Waals surface area contributed by atoms with E-state index in [-0.39, 0.29) is 6.10 Å². The van der Waals surface area contributed by atoms with Gasteiger partial charge in [0.1, 0.15) is 0 Å². The number of morpholine rings is 1. The van der Waals surface area contributed by atoms with Crippen molar-refractivity contribution in [1.82, 2.24) is 20.1 Å². The van der Waals surface area contributed by atoms with Gasteiger partial charge >= 0.3 is 0 Å². The lowest BCUT2D eigenvalue weighted by Crippen LogP contribution is -2.47. The Balaban J connectivity index is 1.60. The third-order valence-electron chi connectivity index (χ3n) is 4.31. The summed E-state index contributed by atoms with van der Waals surface area (Å²) < 4.78 is 5.94. The summed E-state index contributed by atoms with van der Waals surface area (Å²) in [5.74, 6) is 0.869. The second-order valence-corrected chi connectivity index (χ2v) is 5.91. The van der Waals surface area contributed by atoms with Crippen molar-refractivity contribution in [3.63, 3.8) is 0 Å². The van der Waals surface area contributed by atoms with Gasteiger partial charge in [0, 0.05) is 51.3 Å². The minimum Gasteiger partial charge on any atom is -0.374 e. The summed E-state index contributed by atoms with van der Waals surface area (Å²) in [6.07, 6.45) is 5.61. The van der Waals surface area contributed by atoms with E-state index in [0.717, 1.165) is 32.1 Å². The molecule has 2 aromatic rings. The van der Waals surface area contributed by atoms with Crippen LogP contribution in [0.15, 0.2) is 42.9 Å². The van der Waals surface area contributed by atoms with Gasteiger partial charge in [0.15, 0.2) is 5.82 Å². The smallest absolute Gasteiger partial charge is 0.151 e. The maximum absolute atomic E-state index is 5.94. The monoisotopic (exact) mass is 313 g/mol. The summed E-state index contributed by atoms with van der Waals surface area (Å²) in [5.41, 5.74) is 1.25. The van der Waals surface area contributed by atoms with Crippen LogP contribution < -0.4 is 4.90 Å². The van der Waals surface area contributed by atoms with Gasteiger partial charge in [0.2, 0.25) is 0 Å². The van der Waals surface area contributed by atoms with Gasteiger partial charge in [0.05, 0.1) is 12.7 Å². The molecular weight excluding hydrogens is 290 g/mol. The fraction of sp³-hybridized carbons (Fsp3) is 0.471. The molecule has 0 saturated carbocycles. The Kier molecular flexibility index (Phi) is 5.15. The molecule has 122 valence electrons. The van der Waals surface area contributed by atoms with Crippen LogP contribution in [0.25, 0.3) is 0 Å². The highest BCUT2D eigenvalue weighted by molar-refractivity contribution is 5.35. The number of anilines is 1. The molecule has 1 saturated heterocycles. The number of likely N-dealkylation sites (N-methyl/N-ethyl adjacent to an activating group) is 1. The SMILES string of the molecule is C[C@H](c1cccnc1)N1CCO[C@@H](CN(C)c2cccnn2)C1. The van der Waals surface area contributed by atoms with Crippen LogP contribution in [0.1, 0.15) is 18.5 Å². The Labute approximate surface area is 137 Å². The van der Waals surface area contributed by atoms with Gasteiger partial charge in [-0.1, -0.05) is 6.07 Å². The molecule has 0 aromatic carbocycles. The molecule has 0 N–H and O–H groups in total. The first-order chi connectivity index (χ1) is 11.2. The Bertz CT molecular complexity index is 594. The van der Waals surface area contributed by atoms with Gasteiger partial charge in [-0.3, -0.25) is 9.88 Å². The summed E-state index contributed by atoms with van der Waals surface area (Å²) in [6, 6.07) is 8.33. The minimum atomic E-state index is 0.162. The molecule has 2 aromatic heterocycles. The van der Waals surface area contributed by atoms with Gasteiger partial charge in [-0.15, -0.1) is 5.10 Å². The van der Waals surface area contributed by atoms with Crippen molar-refractivity contribution in [2.45, 2.75) is 19.1 Å². The first-order valence-corrected chi connectivity index (χ1v) is 7.98. The zero-order chi connectivity index (χ0) is 16.1. The highest BCUT2D eigenvalue weighted by Gasteiger charge is 2.26. The van der Waals surface area contributed by atoms with Crippen molar-refractivity contribution in [2.24, 2.45) is 0 Å². The van der Waals surface area contributed by atoms with Crippen molar-refractivity contribution in [1.29, 1.82) is 0 Å². The highest BCUT2D eigenvalue weighted by atomic mass is 16.5. The maximum Gasteiger partial charge on any atom is 0.151 e. The van der Waals surface area contributed by atoms with Gasteiger partial charge in [0.25, 0.3) is 0 Å². The molecule has 23 heavy (non-hydrogen) atoms. The Morgan fingerprint density at radius 1 is 1.35 bits per heavy atom. The topological polar surface area (TPSA) is 54.4 Å².